The lowest BCUT2D eigenvalue weighted by atomic mass is 9.74. The summed E-state index contributed by atoms with van der Waals surface area (Å²) in [5, 5.41) is 16.9. The Hall–Kier alpha value is -2.34. The van der Waals surface area contributed by atoms with E-state index in [4.69, 9.17) is 9.26 Å². The summed E-state index contributed by atoms with van der Waals surface area (Å²) in [5.41, 5.74) is 3.44. The number of aliphatic hydroxyl groups is 1. The van der Waals surface area contributed by atoms with Crippen LogP contribution >= 0.6 is 0 Å². The van der Waals surface area contributed by atoms with Gasteiger partial charge in [-0.2, -0.15) is 0 Å². The number of aryl methyl sites for hydroxylation is 2. The zero-order valence-electron chi connectivity index (χ0n) is 15.1. The van der Waals surface area contributed by atoms with E-state index in [0.717, 1.165) is 17.7 Å². The highest BCUT2D eigenvalue weighted by molar-refractivity contribution is 5.96. The standard InChI is InChI=1S/C20H24N2O4/c1-3-16-18(11(2)26-22-16)20(24)21-19(14-9-15(23)10-14)13-4-5-17-12(8-13)6-7-25-17/h4-5,8,14-15,19,23H,3,6-7,9-10H2,1-2H3,(H,21,24). The van der Waals surface area contributed by atoms with Crippen molar-refractivity contribution in [3.63, 3.8) is 0 Å². The molecule has 2 N–H and O–H groups in total. The van der Waals surface area contributed by atoms with Crippen LogP contribution in [-0.2, 0) is 12.8 Å². The molecule has 26 heavy (non-hydrogen) atoms. The molecule has 1 amide bonds. The molecule has 1 aliphatic heterocycles. The van der Waals surface area contributed by atoms with Crippen LogP contribution in [0.25, 0.3) is 0 Å². The molecular weight excluding hydrogens is 332 g/mol. The lowest BCUT2D eigenvalue weighted by molar-refractivity contribution is 0.0235. The first-order valence-corrected chi connectivity index (χ1v) is 9.26. The van der Waals surface area contributed by atoms with Crippen molar-refractivity contribution >= 4 is 5.91 Å². The Kier molecular flexibility index (Phi) is 4.44. The Morgan fingerprint density at radius 1 is 1.42 bits per heavy atom. The van der Waals surface area contributed by atoms with E-state index in [-0.39, 0.29) is 24.0 Å². The monoisotopic (exact) mass is 356 g/mol. The van der Waals surface area contributed by atoms with Crippen LogP contribution in [0.3, 0.4) is 0 Å². The summed E-state index contributed by atoms with van der Waals surface area (Å²) >= 11 is 0. The van der Waals surface area contributed by atoms with Crippen molar-refractivity contribution in [2.45, 2.75) is 51.7 Å². The number of hydrogen-bond acceptors (Lipinski definition) is 5. The molecule has 1 fully saturated rings. The molecule has 1 saturated carbocycles. The zero-order chi connectivity index (χ0) is 18.3. The Morgan fingerprint density at radius 2 is 2.23 bits per heavy atom. The molecule has 2 heterocycles. The van der Waals surface area contributed by atoms with Gasteiger partial charge >= 0.3 is 0 Å². The number of hydrogen-bond donors (Lipinski definition) is 2. The number of fused-ring (bicyclic) bond motifs is 1. The third-order valence-corrected chi connectivity index (χ3v) is 5.48. The second-order valence-electron chi connectivity index (χ2n) is 7.22. The van der Waals surface area contributed by atoms with E-state index < -0.39 is 0 Å². The summed E-state index contributed by atoms with van der Waals surface area (Å²) in [4.78, 5) is 13.0. The minimum Gasteiger partial charge on any atom is -0.493 e. The number of aromatic nitrogens is 1. The Bertz CT molecular complexity index is 823. The van der Waals surface area contributed by atoms with Crippen LogP contribution < -0.4 is 10.1 Å². The minimum absolute atomic E-state index is 0.143. The molecule has 1 unspecified atom stereocenters. The van der Waals surface area contributed by atoms with Crippen LogP contribution in [0.2, 0.25) is 0 Å². The fraction of sp³-hybridized carbons (Fsp3) is 0.500. The quantitative estimate of drug-likeness (QED) is 0.860. The summed E-state index contributed by atoms with van der Waals surface area (Å²) in [6.45, 7) is 4.42. The SMILES string of the molecule is CCc1noc(C)c1C(=O)NC(c1ccc2c(c1)CCO2)C1CC(O)C1. The van der Waals surface area contributed by atoms with E-state index in [1.54, 1.807) is 6.92 Å². The van der Waals surface area contributed by atoms with Crippen molar-refractivity contribution in [1.82, 2.24) is 10.5 Å². The molecule has 6 heteroatoms. The van der Waals surface area contributed by atoms with Crippen LogP contribution in [0.5, 0.6) is 5.75 Å². The maximum atomic E-state index is 13.0. The van der Waals surface area contributed by atoms with Gasteiger partial charge in [0.1, 0.15) is 17.1 Å². The van der Waals surface area contributed by atoms with Gasteiger partial charge in [0, 0.05) is 6.42 Å². The topological polar surface area (TPSA) is 84.6 Å². The van der Waals surface area contributed by atoms with Gasteiger partial charge < -0.3 is 19.7 Å². The van der Waals surface area contributed by atoms with Gasteiger partial charge in [-0.3, -0.25) is 4.79 Å². The first-order chi connectivity index (χ1) is 12.6. The van der Waals surface area contributed by atoms with Gasteiger partial charge in [-0.15, -0.1) is 0 Å². The van der Waals surface area contributed by atoms with E-state index in [9.17, 15) is 9.90 Å². The molecule has 1 aliphatic carbocycles. The smallest absolute Gasteiger partial charge is 0.257 e. The number of amides is 1. The summed E-state index contributed by atoms with van der Waals surface area (Å²) in [5.74, 6) is 1.52. The summed E-state index contributed by atoms with van der Waals surface area (Å²) in [7, 11) is 0. The van der Waals surface area contributed by atoms with E-state index in [1.165, 1.54) is 5.56 Å². The van der Waals surface area contributed by atoms with Gasteiger partial charge in [-0.1, -0.05) is 18.1 Å². The second kappa shape index (κ2) is 6.76. The normalized spacial score (nSPS) is 22.3. The number of carbonyl (C=O) groups is 1. The highest BCUT2D eigenvalue weighted by atomic mass is 16.5. The van der Waals surface area contributed by atoms with Crippen LogP contribution in [0, 0.1) is 12.8 Å². The maximum absolute atomic E-state index is 13.0. The molecule has 2 aliphatic rings. The van der Waals surface area contributed by atoms with Crippen molar-refractivity contribution in [1.29, 1.82) is 0 Å². The van der Waals surface area contributed by atoms with E-state index in [2.05, 4.69) is 16.5 Å². The van der Waals surface area contributed by atoms with E-state index in [1.807, 2.05) is 19.1 Å². The molecule has 1 atom stereocenters. The van der Waals surface area contributed by atoms with Crippen molar-refractivity contribution < 1.29 is 19.2 Å². The van der Waals surface area contributed by atoms with Crippen molar-refractivity contribution in [2.75, 3.05) is 6.61 Å². The number of ether oxygens (including phenoxy) is 1. The third kappa shape index (κ3) is 2.98. The lowest BCUT2D eigenvalue weighted by Gasteiger charge is -2.38. The van der Waals surface area contributed by atoms with Crippen LogP contribution in [0.1, 0.15) is 58.7 Å². The van der Waals surface area contributed by atoms with Gasteiger partial charge in [0.2, 0.25) is 0 Å². The summed E-state index contributed by atoms with van der Waals surface area (Å²) in [6, 6.07) is 5.98. The average Bonchev–Trinajstić information content (AvgIpc) is 3.22. The van der Waals surface area contributed by atoms with E-state index in [0.29, 0.717) is 42.9 Å². The molecule has 138 valence electrons. The van der Waals surface area contributed by atoms with Gasteiger partial charge in [-0.05, 0) is 55.4 Å². The molecule has 1 aromatic carbocycles. The zero-order valence-corrected chi connectivity index (χ0v) is 15.1. The van der Waals surface area contributed by atoms with Gasteiger partial charge in [0.15, 0.2) is 0 Å². The molecule has 0 saturated heterocycles. The molecule has 6 nitrogen and oxygen atoms in total. The van der Waals surface area contributed by atoms with Crippen LogP contribution in [-0.4, -0.2) is 28.9 Å². The van der Waals surface area contributed by atoms with Crippen LogP contribution in [0.15, 0.2) is 22.7 Å². The number of carbonyl (C=O) groups excluding carboxylic acids is 1. The Balaban J connectivity index is 1.62. The summed E-state index contributed by atoms with van der Waals surface area (Å²) in [6.07, 6.45) is 2.65. The number of nitrogens with one attached hydrogen (secondary N) is 1. The fourth-order valence-corrected chi connectivity index (χ4v) is 3.94. The first-order valence-electron chi connectivity index (χ1n) is 9.26. The molecule has 1 aromatic heterocycles. The molecular formula is C20H24N2O4. The van der Waals surface area contributed by atoms with Gasteiger partial charge in [-0.25, -0.2) is 0 Å². The number of benzene rings is 1. The summed E-state index contributed by atoms with van der Waals surface area (Å²) < 4.78 is 10.8. The van der Waals surface area contributed by atoms with Crippen molar-refractivity contribution in [3.05, 3.63) is 46.3 Å². The molecule has 2 aromatic rings. The van der Waals surface area contributed by atoms with Gasteiger partial charge in [0.25, 0.3) is 5.91 Å². The average molecular weight is 356 g/mol. The first kappa shape index (κ1) is 17.1. The fourth-order valence-electron chi connectivity index (χ4n) is 3.94. The third-order valence-electron chi connectivity index (χ3n) is 5.48. The molecule has 0 radical (unpaired) electrons. The molecule has 0 bridgehead atoms. The predicted molar refractivity (Wildman–Crippen MR) is 95.2 cm³/mol. The Morgan fingerprint density at radius 3 is 2.96 bits per heavy atom. The number of aliphatic hydroxyl groups excluding tert-OH is 1. The Labute approximate surface area is 152 Å². The molecule has 4 rings (SSSR count). The number of nitrogens with zero attached hydrogens (tertiary/aromatic N) is 1. The van der Waals surface area contributed by atoms with Crippen molar-refractivity contribution in [3.8, 4) is 5.75 Å². The largest absolute Gasteiger partial charge is 0.493 e. The van der Waals surface area contributed by atoms with Crippen molar-refractivity contribution in [2.24, 2.45) is 5.92 Å². The second-order valence-corrected chi connectivity index (χ2v) is 7.22. The molecule has 0 spiro atoms. The lowest BCUT2D eigenvalue weighted by Crippen LogP contribution is -2.41. The number of rotatable bonds is 5. The van der Waals surface area contributed by atoms with E-state index >= 15 is 0 Å². The predicted octanol–water partition coefficient (Wildman–Crippen LogP) is 2.72. The van der Waals surface area contributed by atoms with Crippen LogP contribution in [0.4, 0.5) is 0 Å². The minimum atomic E-state index is -0.277. The highest BCUT2D eigenvalue weighted by Crippen LogP contribution is 2.40. The van der Waals surface area contributed by atoms with Gasteiger partial charge in [0.05, 0.1) is 24.4 Å². The maximum Gasteiger partial charge on any atom is 0.257 e. The highest BCUT2D eigenvalue weighted by Gasteiger charge is 2.37.